The summed E-state index contributed by atoms with van der Waals surface area (Å²) in [6.07, 6.45) is 29.0. The molecule has 0 fully saturated rings. The molecule has 0 amide bonds. The van der Waals surface area contributed by atoms with E-state index in [-0.39, 0.29) is 18.6 Å². The highest BCUT2D eigenvalue weighted by Gasteiger charge is 2.02. The minimum absolute atomic E-state index is 0.0241. The van der Waals surface area contributed by atoms with Crippen molar-refractivity contribution in [2.75, 3.05) is 0 Å². The van der Waals surface area contributed by atoms with Crippen LogP contribution in [0.5, 0.6) is 0 Å². The lowest BCUT2D eigenvalue weighted by atomic mass is 10.1. The molecule has 154 valence electrons. The van der Waals surface area contributed by atoms with Gasteiger partial charge < -0.3 is 5.11 Å². The summed E-state index contributed by atoms with van der Waals surface area (Å²) in [6.45, 7) is 2.14. The van der Waals surface area contributed by atoms with E-state index in [2.05, 4.69) is 68.2 Å². The smallest absolute Gasteiger partial charge is 0.303 e. The van der Waals surface area contributed by atoms with Gasteiger partial charge in [0, 0.05) is 12.8 Å². The summed E-state index contributed by atoms with van der Waals surface area (Å²) in [7, 11) is 0. The Morgan fingerprint density at radius 3 is 1.68 bits per heavy atom. The van der Waals surface area contributed by atoms with Gasteiger partial charge in [0.05, 0.1) is 0 Å². The second kappa shape index (κ2) is 19.7. The average Bonchev–Trinajstić information content (AvgIpc) is 2.64. The molecule has 0 saturated heterocycles. The van der Waals surface area contributed by atoms with Crippen LogP contribution in [0.4, 0.5) is 0 Å². The normalized spacial score (nSPS) is 13.1. The Bertz CT molecular complexity index is 607. The largest absolute Gasteiger partial charge is 0.481 e. The van der Waals surface area contributed by atoms with Gasteiger partial charge in [0.15, 0.2) is 5.78 Å². The molecule has 0 aliphatic heterocycles. The number of ketones is 1. The van der Waals surface area contributed by atoms with Crippen LogP contribution in [0.1, 0.15) is 64.7 Å². The Kier molecular flexibility index (Phi) is 18.2. The first-order valence-corrected chi connectivity index (χ1v) is 10.4. The van der Waals surface area contributed by atoms with E-state index in [1.807, 2.05) is 12.2 Å². The molecule has 0 aromatic carbocycles. The first-order valence-electron chi connectivity index (χ1n) is 9.95. The second-order valence-corrected chi connectivity index (χ2v) is 6.84. The van der Waals surface area contributed by atoms with Crippen molar-refractivity contribution in [1.29, 1.82) is 0 Å². The van der Waals surface area contributed by atoms with E-state index in [9.17, 15) is 9.59 Å². The number of thiol groups is 1. The molecule has 0 rings (SSSR count). The fourth-order valence-electron chi connectivity index (χ4n) is 2.19. The molecule has 4 heteroatoms. The van der Waals surface area contributed by atoms with Crippen LogP contribution in [0.3, 0.4) is 0 Å². The minimum atomic E-state index is -0.873. The molecule has 0 aromatic rings. The molecule has 0 aliphatic rings. The number of hydrogen-bond acceptors (Lipinski definition) is 3. The van der Waals surface area contributed by atoms with Gasteiger partial charge in [-0.3, -0.25) is 9.59 Å². The molecule has 0 aromatic heterocycles. The SMILES string of the molecule is CC/C=C\C/C=C\C/C=C\C/C=C\C/C=C\C/C(S)=C\C(=O)CCCC(=O)O. The predicted molar refractivity (Wildman–Crippen MR) is 123 cm³/mol. The molecular formula is C24H34O3S. The third kappa shape index (κ3) is 20.2. The summed E-state index contributed by atoms with van der Waals surface area (Å²) in [4.78, 5) is 22.7. The molecule has 3 nitrogen and oxygen atoms in total. The van der Waals surface area contributed by atoms with Gasteiger partial charge in [0.1, 0.15) is 0 Å². The van der Waals surface area contributed by atoms with Gasteiger partial charge in [-0.2, -0.15) is 0 Å². The topological polar surface area (TPSA) is 54.4 Å². The molecule has 28 heavy (non-hydrogen) atoms. The number of allylic oxidation sites excluding steroid dienone is 12. The van der Waals surface area contributed by atoms with E-state index in [1.165, 1.54) is 6.08 Å². The number of carbonyl (C=O) groups is 2. The van der Waals surface area contributed by atoms with Crippen molar-refractivity contribution < 1.29 is 14.7 Å². The van der Waals surface area contributed by atoms with Crippen molar-refractivity contribution in [3.8, 4) is 0 Å². The predicted octanol–water partition coefficient (Wildman–Crippen LogP) is 6.77. The maximum absolute atomic E-state index is 11.6. The van der Waals surface area contributed by atoms with E-state index in [0.717, 1.165) is 32.1 Å². The van der Waals surface area contributed by atoms with E-state index in [1.54, 1.807) is 0 Å². The van der Waals surface area contributed by atoms with Crippen molar-refractivity contribution in [3.05, 3.63) is 71.7 Å². The fraction of sp³-hybridized carbons (Fsp3) is 0.417. The highest BCUT2D eigenvalue weighted by atomic mass is 32.1. The van der Waals surface area contributed by atoms with Crippen LogP contribution in [0.15, 0.2) is 71.7 Å². The van der Waals surface area contributed by atoms with Crippen LogP contribution in [-0.4, -0.2) is 16.9 Å². The Hall–Kier alpha value is -2.07. The molecule has 0 spiro atoms. The molecular weight excluding hydrogens is 368 g/mol. The number of rotatable bonds is 16. The van der Waals surface area contributed by atoms with Crippen LogP contribution < -0.4 is 0 Å². The first-order chi connectivity index (χ1) is 13.6. The maximum atomic E-state index is 11.6. The number of aliphatic carboxylic acids is 1. The van der Waals surface area contributed by atoms with Crippen molar-refractivity contribution in [3.63, 3.8) is 0 Å². The lowest BCUT2D eigenvalue weighted by Gasteiger charge is -1.96. The lowest BCUT2D eigenvalue weighted by molar-refractivity contribution is -0.137. The van der Waals surface area contributed by atoms with Gasteiger partial charge >= 0.3 is 5.97 Å². The van der Waals surface area contributed by atoms with E-state index in [4.69, 9.17) is 5.11 Å². The molecule has 0 bridgehead atoms. The summed E-state index contributed by atoms with van der Waals surface area (Å²) >= 11 is 4.29. The summed E-state index contributed by atoms with van der Waals surface area (Å²) in [5.74, 6) is -0.944. The van der Waals surface area contributed by atoms with Gasteiger partial charge in [-0.05, 0) is 55.9 Å². The number of carboxylic acid groups (broad SMARTS) is 1. The van der Waals surface area contributed by atoms with Crippen LogP contribution in [0.2, 0.25) is 0 Å². The quantitative estimate of drug-likeness (QED) is 0.170. The highest BCUT2D eigenvalue weighted by Crippen LogP contribution is 2.09. The third-order valence-electron chi connectivity index (χ3n) is 3.63. The van der Waals surface area contributed by atoms with Crippen molar-refractivity contribution in [2.24, 2.45) is 0 Å². The van der Waals surface area contributed by atoms with Crippen LogP contribution in [-0.2, 0) is 9.59 Å². The van der Waals surface area contributed by atoms with Crippen molar-refractivity contribution in [2.45, 2.75) is 64.7 Å². The van der Waals surface area contributed by atoms with Crippen LogP contribution in [0, 0.1) is 0 Å². The zero-order valence-electron chi connectivity index (χ0n) is 16.9. The number of hydrogen-bond donors (Lipinski definition) is 2. The summed E-state index contributed by atoms with van der Waals surface area (Å²) in [5.41, 5.74) is 0. The molecule has 1 N–H and O–H groups in total. The average molecular weight is 403 g/mol. The fourth-order valence-corrected chi connectivity index (χ4v) is 2.43. The van der Waals surface area contributed by atoms with Gasteiger partial charge in [0.25, 0.3) is 0 Å². The molecule has 0 aliphatic carbocycles. The number of carboxylic acids is 1. The van der Waals surface area contributed by atoms with Crippen molar-refractivity contribution in [1.82, 2.24) is 0 Å². The second-order valence-electron chi connectivity index (χ2n) is 6.26. The monoisotopic (exact) mass is 402 g/mol. The van der Waals surface area contributed by atoms with Gasteiger partial charge in [-0.1, -0.05) is 67.7 Å². The van der Waals surface area contributed by atoms with E-state index in [0.29, 0.717) is 17.7 Å². The molecule has 0 unspecified atom stereocenters. The number of carbonyl (C=O) groups excluding carboxylic acids is 1. The minimum Gasteiger partial charge on any atom is -0.481 e. The highest BCUT2D eigenvalue weighted by molar-refractivity contribution is 7.84. The molecule has 0 saturated carbocycles. The summed E-state index contributed by atoms with van der Waals surface area (Å²) < 4.78 is 0. The zero-order chi connectivity index (χ0) is 20.9. The summed E-state index contributed by atoms with van der Waals surface area (Å²) in [5, 5.41) is 8.55. The molecule has 0 atom stereocenters. The van der Waals surface area contributed by atoms with Gasteiger partial charge in [-0.25, -0.2) is 0 Å². The Morgan fingerprint density at radius 1 is 0.750 bits per heavy atom. The van der Waals surface area contributed by atoms with Crippen molar-refractivity contribution >= 4 is 24.4 Å². The lowest BCUT2D eigenvalue weighted by Crippen LogP contribution is -1.98. The van der Waals surface area contributed by atoms with E-state index >= 15 is 0 Å². The van der Waals surface area contributed by atoms with E-state index < -0.39 is 5.97 Å². The Morgan fingerprint density at radius 2 is 1.21 bits per heavy atom. The summed E-state index contributed by atoms with van der Waals surface area (Å²) in [6, 6.07) is 0. The van der Waals surface area contributed by atoms with Gasteiger partial charge in [0.2, 0.25) is 0 Å². The first kappa shape index (κ1) is 25.9. The Labute approximate surface area is 175 Å². The standard InChI is InChI=1S/C24H34O3S/c1-2-3-4-5-6-7-8-9-10-11-12-13-14-15-16-19-23(28)21-22(25)18-17-20-24(26)27/h3-4,6-7,9-10,12-13,15-16,21,28H,2,5,8,11,14,17-20H2,1H3,(H,26,27)/b4-3-,7-6-,10-9-,13-12-,16-15-,23-21+. The maximum Gasteiger partial charge on any atom is 0.303 e. The third-order valence-corrected chi connectivity index (χ3v) is 3.94. The zero-order valence-corrected chi connectivity index (χ0v) is 17.8. The van der Waals surface area contributed by atoms with Crippen LogP contribution >= 0.6 is 12.6 Å². The molecule has 0 radical (unpaired) electrons. The Balaban J connectivity index is 3.80. The van der Waals surface area contributed by atoms with Gasteiger partial charge in [-0.15, -0.1) is 12.6 Å². The molecule has 0 heterocycles. The van der Waals surface area contributed by atoms with Crippen LogP contribution in [0.25, 0.3) is 0 Å².